The van der Waals surface area contributed by atoms with Crippen molar-refractivity contribution in [3.8, 4) is 5.75 Å². The molecule has 0 radical (unpaired) electrons. The molecular formula is C22H25ClF2N4O5S. The molecule has 0 unspecified atom stereocenters. The number of thiophene rings is 1. The van der Waals surface area contributed by atoms with Crippen molar-refractivity contribution in [2.75, 3.05) is 50.1 Å². The summed E-state index contributed by atoms with van der Waals surface area (Å²) in [5, 5.41) is 5.40. The summed E-state index contributed by atoms with van der Waals surface area (Å²) >= 11 is 7.00. The van der Waals surface area contributed by atoms with E-state index in [4.69, 9.17) is 16.3 Å². The van der Waals surface area contributed by atoms with Gasteiger partial charge in [0.15, 0.2) is 5.75 Å². The predicted molar refractivity (Wildman–Crippen MR) is 129 cm³/mol. The largest absolute Gasteiger partial charge is 0.433 e. The summed E-state index contributed by atoms with van der Waals surface area (Å²) in [7, 11) is 1.72. The highest BCUT2D eigenvalue weighted by Crippen LogP contribution is 2.33. The van der Waals surface area contributed by atoms with Crippen molar-refractivity contribution >= 4 is 52.0 Å². The third-order valence-electron chi connectivity index (χ3n) is 5.31. The Balaban J connectivity index is 1.75. The number of hydrogen-bond donors (Lipinski definition) is 2. The molecule has 2 N–H and O–H groups in total. The molecule has 1 fully saturated rings. The molecule has 2 heterocycles. The molecule has 0 bridgehead atoms. The Morgan fingerprint density at radius 2 is 2.09 bits per heavy atom. The van der Waals surface area contributed by atoms with E-state index < -0.39 is 18.6 Å². The number of likely N-dealkylation sites (N-methyl/N-ethyl adjacent to an activating group) is 1. The number of benzene rings is 1. The number of morpholine rings is 1. The first-order valence-corrected chi connectivity index (χ1v) is 11.9. The lowest BCUT2D eigenvalue weighted by molar-refractivity contribution is -0.126. The Labute approximate surface area is 209 Å². The molecule has 1 aromatic carbocycles. The second-order valence-electron chi connectivity index (χ2n) is 7.55. The predicted octanol–water partition coefficient (Wildman–Crippen LogP) is 3.05. The van der Waals surface area contributed by atoms with Crippen LogP contribution in [0.3, 0.4) is 0 Å². The van der Waals surface area contributed by atoms with Crippen LogP contribution in [0.25, 0.3) is 0 Å². The maximum atomic E-state index is 13.1. The maximum absolute atomic E-state index is 13.1. The van der Waals surface area contributed by atoms with Gasteiger partial charge in [-0.1, -0.05) is 18.5 Å². The van der Waals surface area contributed by atoms with Crippen molar-refractivity contribution in [2.24, 2.45) is 0 Å². The fourth-order valence-electron chi connectivity index (χ4n) is 3.39. The summed E-state index contributed by atoms with van der Waals surface area (Å²) in [6.45, 7) is -0.488. The van der Waals surface area contributed by atoms with Gasteiger partial charge >= 0.3 is 6.61 Å². The van der Waals surface area contributed by atoms with Crippen LogP contribution in [0.2, 0.25) is 4.34 Å². The molecule has 1 saturated heterocycles. The molecule has 3 rings (SSSR count). The number of nitrogens with one attached hydrogen (secondary N) is 2. The quantitative estimate of drug-likeness (QED) is 0.490. The number of ether oxygens (including phenoxy) is 2. The van der Waals surface area contributed by atoms with Gasteiger partial charge in [-0.25, -0.2) is 0 Å². The van der Waals surface area contributed by atoms with Crippen molar-refractivity contribution in [3.05, 3.63) is 39.5 Å². The zero-order valence-electron chi connectivity index (χ0n) is 19.1. The molecule has 9 nitrogen and oxygen atoms in total. The van der Waals surface area contributed by atoms with Crippen molar-refractivity contribution < 1.29 is 32.6 Å². The lowest BCUT2D eigenvalue weighted by Crippen LogP contribution is -2.49. The molecule has 1 atom stereocenters. The number of amides is 3. The molecular weight excluding hydrogens is 506 g/mol. The lowest BCUT2D eigenvalue weighted by Gasteiger charge is -2.29. The van der Waals surface area contributed by atoms with E-state index in [2.05, 4.69) is 15.4 Å². The monoisotopic (exact) mass is 530 g/mol. The Morgan fingerprint density at radius 3 is 2.71 bits per heavy atom. The number of halogens is 3. The average Bonchev–Trinajstić information content (AvgIpc) is 3.25. The average molecular weight is 531 g/mol. The Hall–Kier alpha value is -2.80. The van der Waals surface area contributed by atoms with E-state index in [1.54, 1.807) is 24.1 Å². The highest BCUT2D eigenvalue weighted by atomic mass is 35.5. The minimum absolute atomic E-state index is 0.00524. The van der Waals surface area contributed by atoms with Crippen LogP contribution < -0.4 is 20.3 Å². The molecule has 2 aromatic rings. The number of alkyl halides is 2. The zero-order chi connectivity index (χ0) is 25.5. The SMILES string of the molecule is CCN(C)[C@@H](CNC(=O)c1ccc(Cl)s1)C(=O)Nc1ccc(N2CCOCC2=O)c(OC(F)F)c1. The van der Waals surface area contributed by atoms with Gasteiger partial charge in [0.25, 0.3) is 11.8 Å². The summed E-state index contributed by atoms with van der Waals surface area (Å²) in [5.41, 5.74) is 0.349. The van der Waals surface area contributed by atoms with Gasteiger partial charge in [-0.05, 0) is 37.9 Å². The first kappa shape index (κ1) is 26.8. The van der Waals surface area contributed by atoms with Crippen LogP contribution in [0.4, 0.5) is 20.2 Å². The number of rotatable bonds is 10. The molecule has 190 valence electrons. The molecule has 1 aliphatic rings. The lowest BCUT2D eigenvalue weighted by atomic mass is 10.2. The van der Waals surface area contributed by atoms with Gasteiger partial charge in [0.2, 0.25) is 5.91 Å². The van der Waals surface area contributed by atoms with E-state index in [-0.39, 0.29) is 55.2 Å². The van der Waals surface area contributed by atoms with Crippen LogP contribution in [0.15, 0.2) is 30.3 Å². The summed E-state index contributed by atoms with van der Waals surface area (Å²) in [5.74, 6) is -1.47. The number of anilines is 2. The standard InChI is InChI=1S/C22H25ClF2N4O5S/c1-3-28(2)15(11-26-21(32)17-6-7-18(23)35-17)20(31)27-13-4-5-14(16(10-13)34-22(24)25)29-8-9-33-12-19(29)30/h4-7,10,15,22H,3,8-9,11-12H2,1-2H3,(H,26,32)(H,27,31)/t15-/m0/s1. The molecule has 0 aliphatic carbocycles. The molecule has 0 spiro atoms. The van der Waals surface area contributed by atoms with E-state index >= 15 is 0 Å². The highest BCUT2D eigenvalue weighted by molar-refractivity contribution is 7.18. The van der Waals surface area contributed by atoms with Crippen molar-refractivity contribution in [2.45, 2.75) is 19.6 Å². The number of hydrogen-bond acceptors (Lipinski definition) is 7. The second-order valence-corrected chi connectivity index (χ2v) is 9.27. The van der Waals surface area contributed by atoms with Crippen LogP contribution in [0.5, 0.6) is 5.75 Å². The van der Waals surface area contributed by atoms with E-state index in [9.17, 15) is 23.2 Å². The van der Waals surface area contributed by atoms with Crippen LogP contribution in [-0.2, 0) is 14.3 Å². The second kappa shape index (κ2) is 12.2. The molecule has 35 heavy (non-hydrogen) atoms. The summed E-state index contributed by atoms with van der Waals surface area (Å²) in [6.07, 6.45) is 0. The Bertz CT molecular complexity index is 1070. The first-order chi connectivity index (χ1) is 16.7. The van der Waals surface area contributed by atoms with E-state index in [1.807, 2.05) is 6.92 Å². The summed E-state index contributed by atoms with van der Waals surface area (Å²) < 4.78 is 36.3. The minimum atomic E-state index is -3.13. The van der Waals surface area contributed by atoms with Crippen molar-refractivity contribution in [1.29, 1.82) is 0 Å². The van der Waals surface area contributed by atoms with Crippen molar-refractivity contribution in [1.82, 2.24) is 10.2 Å². The van der Waals surface area contributed by atoms with Crippen LogP contribution in [0.1, 0.15) is 16.6 Å². The van der Waals surface area contributed by atoms with Crippen LogP contribution in [0, 0.1) is 0 Å². The molecule has 1 aliphatic heterocycles. The highest BCUT2D eigenvalue weighted by Gasteiger charge is 2.27. The fourth-order valence-corrected chi connectivity index (χ4v) is 4.34. The van der Waals surface area contributed by atoms with Gasteiger partial charge in [-0.2, -0.15) is 8.78 Å². The molecule has 13 heteroatoms. The number of carbonyl (C=O) groups excluding carboxylic acids is 3. The molecule has 3 amide bonds. The minimum Gasteiger partial charge on any atom is -0.433 e. The van der Waals surface area contributed by atoms with Gasteiger partial charge < -0.3 is 25.0 Å². The zero-order valence-corrected chi connectivity index (χ0v) is 20.6. The fraction of sp³-hybridized carbons (Fsp3) is 0.409. The van der Waals surface area contributed by atoms with E-state index in [0.717, 1.165) is 11.3 Å². The Morgan fingerprint density at radius 1 is 1.31 bits per heavy atom. The Kier molecular flexibility index (Phi) is 9.38. The third-order valence-corrected chi connectivity index (χ3v) is 6.54. The number of nitrogens with zero attached hydrogens (tertiary/aromatic N) is 2. The topological polar surface area (TPSA) is 100 Å². The van der Waals surface area contributed by atoms with E-state index in [0.29, 0.717) is 15.8 Å². The number of carbonyl (C=O) groups is 3. The van der Waals surface area contributed by atoms with Gasteiger partial charge in [0.1, 0.15) is 12.6 Å². The molecule has 0 saturated carbocycles. The van der Waals surface area contributed by atoms with Gasteiger partial charge in [0, 0.05) is 24.8 Å². The van der Waals surface area contributed by atoms with Crippen LogP contribution >= 0.6 is 22.9 Å². The third kappa shape index (κ3) is 7.10. The summed E-state index contributed by atoms with van der Waals surface area (Å²) in [6, 6.07) is 6.60. The van der Waals surface area contributed by atoms with Crippen LogP contribution in [-0.4, -0.2) is 75.2 Å². The summed E-state index contributed by atoms with van der Waals surface area (Å²) in [4.78, 5) is 41.0. The smallest absolute Gasteiger partial charge is 0.387 e. The van der Waals surface area contributed by atoms with Gasteiger partial charge in [-0.3, -0.25) is 19.3 Å². The molecule has 1 aromatic heterocycles. The van der Waals surface area contributed by atoms with Gasteiger partial charge in [-0.15, -0.1) is 11.3 Å². The maximum Gasteiger partial charge on any atom is 0.387 e. The van der Waals surface area contributed by atoms with Crippen molar-refractivity contribution in [3.63, 3.8) is 0 Å². The van der Waals surface area contributed by atoms with Gasteiger partial charge in [0.05, 0.1) is 21.5 Å². The van der Waals surface area contributed by atoms with E-state index in [1.165, 1.54) is 23.1 Å². The first-order valence-electron chi connectivity index (χ1n) is 10.7. The normalized spacial score (nSPS) is 14.8.